The molecular formula is C13H16N2O5. The predicted octanol–water partition coefficient (Wildman–Crippen LogP) is 1.51. The summed E-state index contributed by atoms with van der Waals surface area (Å²) >= 11 is 0. The molecule has 7 nitrogen and oxygen atoms in total. The Morgan fingerprint density at radius 2 is 2.10 bits per heavy atom. The summed E-state index contributed by atoms with van der Waals surface area (Å²) in [5.74, 6) is -1.61. The molecule has 0 saturated heterocycles. The average Bonchev–Trinajstić information content (AvgIpc) is 2.38. The summed E-state index contributed by atoms with van der Waals surface area (Å²) in [6.07, 6.45) is 0.133. The van der Waals surface area contributed by atoms with Gasteiger partial charge in [-0.3, -0.25) is 14.9 Å². The van der Waals surface area contributed by atoms with Crippen LogP contribution in [-0.4, -0.2) is 27.4 Å². The highest BCUT2D eigenvalue weighted by molar-refractivity contribution is 5.87. The summed E-state index contributed by atoms with van der Waals surface area (Å²) in [5.41, 5.74) is -0.982. The van der Waals surface area contributed by atoms with Crippen molar-refractivity contribution >= 4 is 17.6 Å². The second kappa shape index (κ2) is 6.14. The number of non-ortho nitro benzene ring substituents is 1. The average molecular weight is 280 g/mol. The Labute approximate surface area is 115 Å². The smallest absolute Gasteiger partial charge is 0.329 e. The van der Waals surface area contributed by atoms with Crippen molar-refractivity contribution in [3.63, 3.8) is 0 Å². The zero-order valence-corrected chi connectivity index (χ0v) is 11.3. The SMILES string of the molecule is CCC(C)(NC(=O)Cc1cccc([N+](=O)[O-])c1)C(=O)O. The standard InChI is InChI=1S/C13H16N2O5/c1-3-13(2,12(17)18)14-11(16)8-9-5-4-6-10(7-9)15(19)20/h4-7H,3,8H2,1-2H3,(H,14,16)(H,17,18). The highest BCUT2D eigenvalue weighted by atomic mass is 16.6. The second-order valence-corrected chi connectivity index (χ2v) is 4.64. The number of nitro groups is 1. The number of benzene rings is 1. The van der Waals surface area contributed by atoms with Crippen LogP contribution in [0.1, 0.15) is 25.8 Å². The Hall–Kier alpha value is -2.44. The maximum atomic E-state index is 11.8. The lowest BCUT2D eigenvalue weighted by molar-refractivity contribution is -0.384. The Morgan fingerprint density at radius 3 is 2.60 bits per heavy atom. The zero-order valence-electron chi connectivity index (χ0n) is 11.3. The first-order valence-electron chi connectivity index (χ1n) is 6.06. The first-order chi connectivity index (χ1) is 9.28. The van der Waals surface area contributed by atoms with Crippen molar-refractivity contribution < 1.29 is 19.6 Å². The first-order valence-corrected chi connectivity index (χ1v) is 6.06. The number of nitrogens with one attached hydrogen (secondary N) is 1. The first kappa shape index (κ1) is 15.6. The molecule has 20 heavy (non-hydrogen) atoms. The molecule has 0 fully saturated rings. The monoisotopic (exact) mass is 280 g/mol. The van der Waals surface area contributed by atoms with Gasteiger partial charge in [-0.2, -0.15) is 0 Å². The molecule has 1 rings (SSSR count). The van der Waals surface area contributed by atoms with Crippen LogP contribution in [0.5, 0.6) is 0 Å². The van der Waals surface area contributed by atoms with Gasteiger partial charge in [0.1, 0.15) is 5.54 Å². The minimum absolute atomic E-state index is 0.105. The predicted molar refractivity (Wildman–Crippen MR) is 71.3 cm³/mol. The third kappa shape index (κ3) is 3.78. The number of rotatable bonds is 6. The number of carbonyl (C=O) groups excluding carboxylic acids is 1. The van der Waals surface area contributed by atoms with Gasteiger partial charge < -0.3 is 10.4 Å². The lowest BCUT2D eigenvalue weighted by Crippen LogP contribution is -2.52. The van der Waals surface area contributed by atoms with Crippen LogP contribution >= 0.6 is 0 Å². The highest BCUT2D eigenvalue weighted by Crippen LogP contribution is 2.14. The molecule has 7 heteroatoms. The van der Waals surface area contributed by atoms with Gasteiger partial charge in [-0.25, -0.2) is 4.79 Å². The number of amides is 1. The molecule has 1 aromatic rings. The van der Waals surface area contributed by atoms with E-state index in [0.717, 1.165) is 0 Å². The van der Waals surface area contributed by atoms with Crippen LogP contribution in [-0.2, 0) is 16.0 Å². The molecular weight excluding hydrogens is 264 g/mol. The number of carboxylic acid groups (broad SMARTS) is 1. The molecule has 1 amide bonds. The summed E-state index contributed by atoms with van der Waals surface area (Å²) in [4.78, 5) is 33.0. The summed E-state index contributed by atoms with van der Waals surface area (Å²) in [7, 11) is 0. The van der Waals surface area contributed by atoms with Gasteiger partial charge in [0.05, 0.1) is 11.3 Å². The van der Waals surface area contributed by atoms with Crippen molar-refractivity contribution in [2.75, 3.05) is 0 Å². The van der Waals surface area contributed by atoms with Crippen molar-refractivity contribution in [3.05, 3.63) is 39.9 Å². The van der Waals surface area contributed by atoms with Gasteiger partial charge >= 0.3 is 5.97 Å². The van der Waals surface area contributed by atoms with Gasteiger partial charge in [-0.15, -0.1) is 0 Å². The van der Waals surface area contributed by atoms with Gasteiger partial charge in [0.25, 0.3) is 5.69 Å². The van der Waals surface area contributed by atoms with Crippen LogP contribution in [0.25, 0.3) is 0 Å². The van der Waals surface area contributed by atoms with Gasteiger partial charge in [0.2, 0.25) is 5.91 Å². The van der Waals surface area contributed by atoms with E-state index in [1.54, 1.807) is 13.0 Å². The van der Waals surface area contributed by atoms with Crippen molar-refractivity contribution in [1.82, 2.24) is 5.32 Å². The van der Waals surface area contributed by atoms with E-state index in [9.17, 15) is 19.7 Å². The molecule has 0 aliphatic rings. The van der Waals surface area contributed by atoms with E-state index >= 15 is 0 Å². The van der Waals surface area contributed by atoms with Gasteiger partial charge in [-0.05, 0) is 18.9 Å². The molecule has 2 N–H and O–H groups in total. The Kier molecular flexibility index (Phi) is 4.79. The molecule has 0 radical (unpaired) electrons. The van der Waals surface area contributed by atoms with E-state index in [-0.39, 0.29) is 18.5 Å². The maximum absolute atomic E-state index is 11.8. The van der Waals surface area contributed by atoms with Crippen molar-refractivity contribution in [3.8, 4) is 0 Å². The van der Waals surface area contributed by atoms with E-state index < -0.39 is 22.3 Å². The molecule has 0 saturated carbocycles. The minimum Gasteiger partial charge on any atom is -0.480 e. The highest BCUT2D eigenvalue weighted by Gasteiger charge is 2.32. The van der Waals surface area contributed by atoms with E-state index in [1.807, 2.05) is 0 Å². The van der Waals surface area contributed by atoms with E-state index in [2.05, 4.69) is 5.32 Å². The Bertz CT molecular complexity index is 543. The van der Waals surface area contributed by atoms with Crippen LogP contribution < -0.4 is 5.32 Å². The molecule has 1 aromatic carbocycles. The Balaban J connectivity index is 2.79. The van der Waals surface area contributed by atoms with Crippen molar-refractivity contribution in [2.24, 2.45) is 0 Å². The lowest BCUT2D eigenvalue weighted by atomic mass is 9.98. The summed E-state index contributed by atoms with van der Waals surface area (Å²) in [6.45, 7) is 3.07. The lowest BCUT2D eigenvalue weighted by Gasteiger charge is -2.24. The molecule has 0 spiro atoms. The molecule has 0 aliphatic carbocycles. The molecule has 1 unspecified atom stereocenters. The van der Waals surface area contributed by atoms with Crippen molar-refractivity contribution in [2.45, 2.75) is 32.2 Å². The fourth-order valence-electron chi connectivity index (χ4n) is 1.61. The minimum atomic E-state index is -1.34. The van der Waals surface area contributed by atoms with Crippen LogP contribution in [0.3, 0.4) is 0 Å². The van der Waals surface area contributed by atoms with Gasteiger partial charge in [0.15, 0.2) is 0 Å². The number of hydrogen-bond donors (Lipinski definition) is 2. The van der Waals surface area contributed by atoms with Crippen LogP contribution in [0.15, 0.2) is 24.3 Å². The number of nitro benzene ring substituents is 1. The molecule has 0 heterocycles. The molecule has 108 valence electrons. The normalized spacial score (nSPS) is 13.3. The van der Waals surface area contributed by atoms with Gasteiger partial charge in [0, 0.05) is 12.1 Å². The third-order valence-electron chi connectivity index (χ3n) is 3.08. The van der Waals surface area contributed by atoms with E-state index in [0.29, 0.717) is 5.56 Å². The van der Waals surface area contributed by atoms with Gasteiger partial charge in [-0.1, -0.05) is 19.1 Å². The number of nitrogens with zero attached hydrogens (tertiary/aromatic N) is 1. The second-order valence-electron chi connectivity index (χ2n) is 4.64. The van der Waals surface area contributed by atoms with Crippen molar-refractivity contribution in [1.29, 1.82) is 0 Å². The third-order valence-corrected chi connectivity index (χ3v) is 3.08. The summed E-state index contributed by atoms with van der Waals surface area (Å²) < 4.78 is 0. The number of carbonyl (C=O) groups is 2. The molecule has 0 aromatic heterocycles. The number of carboxylic acids is 1. The maximum Gasteiger partial charge on any atom is 0.329 e. The van der Waals surface area contributed by atoms with Crippen LogP contribution in [0.4, 0.5) is 5.69 Å². The van der Waals surface area contributed by atoms with Crippen LogP contribution in [0, 0.1) is 10.1 Å². The fourth-order valence-corrected chi connectivity index (χ4v) is 1.61. The van der Waals surface area contributed by atoms with E-state index in [1.165, 1.54) is 25.1 Å². The zero-order chi connectivity index (χ0) is 15.3. The molecule has 0 bridgehead atoms. The fraction of sp³-hybridized carbons (Fsp3) is 0.385. The number of hydrogen-bond acceptors (Lipinski definition) is 4. The Morgan fingerprint density at radius 1 is 1.45 bits per heavy atom. The molecule has 1 atom stereocenters. The van der Waals surface area contributed by atoms with Crippen LogP contribution in [0.2, 0.25) is 0 Å². The quantitative estimate of drug-likeness (QED) is 0.606. The van der Waals surface area contributed by atoms with E-state index in [4.69, 9.17) is 5.11 Å². The summed E-state index contributed by atoms with van der Waals surface area (Å²) in [6, 6.07) is 5.69. The topological polar surface area (TPSA) is 110 Å². The largest absolute Gasteiger partial charge is 0.480 e. The summed E-state index contributed by atoms with van der Waals surface area (Å²) in [5, 5.41) is 22.1. The number of aliphatic carboxylic acids is 1. The molecule has 0 aliphatic heterocycles.